The standard InChI is InChI=1S/C18H20F4N2O2/c19-14-5-3-12(4-6-14)10-13-2-1-9-24(11-13)16(26)17(7-8-17)23-15(25)18(20,21)22/h3-6,13H,1-2,7-11H2,(H,23,25). The summed E-state index contributed by atoms with van der Waals surface area (Å²) in [6.45, 7) is 0.905. The molecule has 4 nitrogen and oxygen atoms in total. The number of carbonyl (C=O) groups excluding carboxylic acids is 2. The van der Waals surface area contributed by atoms with E-state index in [1.165, 1.54) is 12.1 Å². The van der Waals surface area contributed by atoms with Gasteiger partial charge in [0, 0.05) is 13.1 Å². The number of likely N-dealkylation sites (tertiary alicyclic amines) is 1. The Hall–Kier alpha value is -2.12. The second-order valence-corrected chi connectivity index (χ2v) is 7.12. The van der Waals surface area contributed by atoms with Gasteiger partial charge in [-0.3, -0.25) is 9.59 Å². The van der Waals surface area contributed by atoms with Crippen molar-refractivity contribution in [2.45, 2.75) is 43.8 Å². The average molecular weight is 372 g/mol. The van der Waals surface area contributed by atoms with Crippen LogP contribution in [0.15, 0.2) is 24.3 Å². The van der Waals surface area contributed by atoms with Gasteiger partial charge in [-0.2, -0.15) is 13.2 Å². The first-order valence-electron chi connectivity index (χ1n) is 8.63. The number of halogens is 4. The molecule has 26 heavy (non-hydrogen) atoms. The molecule has 1 aliphatic carbocycles. The molecule has 8 heteroatoms. The number of nitrogens with one attached hydrogen (secondary N) is 1. The second-order valence-electron chi connectivity index (χ2n) is 7.12. The lowest BCUT2D eigenvalue weighted by atomic mass is 9.91. The minimum Gasteiger partial charge on any atom is -0.340 e. The molecule has 2 fully saturated rings. The molecule has 2 amide bonds. The van der Waals surface area contributed by atoms with Crippen LogP contribution in [-0.2, 0) is 16.0 Å². The van der Waals surface area contributed by atoms with Crippen molar-refractivity contribution in [3.8, 4) is 0 Å². The van der Waals surface area contributed by atoms with E-state index in [0.29, 0.717) is 19.5 Å². The van der Waals surface area contributed by atoms with Crippen molar-refractivity contribution < 1.29 is 27.2 Å². The minimum absolute atomic E-state index is 0.160. The predicted octanol–water partition coefficient (Wildman–Crippen LogP) is 2.82. The highest BCUT2D eigenvalue weighted by Crippen LogP contribution is 2.39. The zero-order valence-electron chi connectivity index (χ0n) is 14.1. The molecule has 1 unspecified atom stereocenters. The summed E-state index contributed by atoms with van der Waals surface area (Å²) >= 11 is 0. The first-order chi connectivity index (χ1) is 12.2. The molecule has 1 aromatic carbocycles. The Bertz CT molecular complexity index is 683. The van der Waals surface area contributed by atoms with E-state index in [0.717, 1.165) is 18.4 Å². The van der Waals surface area contributed by atoms with Crippen LogP contribution in [0.5, 0.6) is 0 Å². The van der Waals surface area contributed by atoms with Gasteiger partial charge in [0.05, 0.1) is 0 Å². The fourth-order valence-corrected chi connectivity index (χ4v) is 3.48. The fraction of sp³-hybridized carbons (Fsp3) is 0.556. The quantitative estimate of drug-likeness (QED) is 0.827. The van der Waals surface area contributed by atoms with E-state index in [-0.39, 0.29) is 24.6 Å². The number of hydrogen-bond acceptors (Lipinski definition) is 2. The molecule has 1 saturated heterocycles. The van der Waals surface area contributed by atoms with Crippen LogP contribution < -0.4 is 5.32 Å². The number of alkyl halides is 3. The van der Waals surface area contributed by atoms with Crippen LogP contribution in [0.2, 0.25) is 0 Å². The third kappa shape index (κ3) is 4.16. The van der Waals surface area contributed by atoms with E-state index in [1.807, 2.05) is 5.32 Å². The summed E-state index contributed by atoms with van der Waals surface area (Å²) in [7, 11) is 0. The molecule has 3 rings (SSSR count). The first-order valence-corrected chi connectivity index (χ1v) is 8.63. The molecule has 2 aliphatic rings. The van der Waals surface area contributed by atoms with Crippen molar-refractivity contribution in [3.63, 3.8) is 0 Å². The molecular formula is C18H20F4N2O2. The minimum atomic E-state index is -5.00. The molecule has 1 heterocycles. The van der Waals surface area contributed by atoms with Crippen LogP contribution in [0.4, 0.5) is 17.6 Å². The lowest BCUT2D eigenvalue weighted by molar-refractivity contribution is -0.175. The van der Waals surface area contributed by atoms with Crippen molar-refractivity contribution in [3.05, 3.63) is 35.6 Å². The summed E-state index contributed by atoms with van der Waals surface area (Å²) < 4.78 is 50.4. The van der Waals surface area contributed by atoms with E-state index in [1.54, 1.807) is 17.0 Å². The highest BCUT2D eigenvalue weighted by molar-refractivity contribution is 5.95. The lowest BCUT2D eigenvalue weighted by Crippen LogP contribution is -2.55. The number of nitrogens with zero attached hydrogens (tertiary/aromatic N) is 1. The molecule has 1 N–H and O–H groups in total. The molecule has 0 spiro atoms. The maximum Gasteiger partial charge on any atom is 0.471 e. The number of amides is 2. The highest BCUT2D eigenvalue weighted by atomic mass is 19.4. The molecule has 0 aromatic heterocycles. The molecule has 0 bridgehead atoms. The summed E-state index contributed by atoms with van der Waals surface area (Å²) in [5, 5.41) is 1.88. The summed E-state index contributed by atoms with van der Waals surface area (Å²) in [6, 6.07) is 6.16. The molecule has 142 valence electrons. The topological polar surface area (TPSA) is 49.4 Å². The molecule has 1 aliphatic heterocycles. The molecule has 1 atom stereocenters. The first kappa shape index (κ1) is 18.7. The maximum atomic E-state index is 13.0. The van der Waals surface area contributed by atoms with Gasteiger partial charge in [0.15, 0.2) is 0 Å². The van der Waals surface area contributed by atoms with Crippen LogP contribution >= 0.6 is 0 Å². The van der Waals surface area contributed by atoms with E-state index >= 15 is 0 Å². The largest absolute Gasteiger partial charge is 0.471 e. The Labute approximate surface area is 148 Å². The zero-order valence-corrected chi connectivity index (χ0v) is 14.1. The van der Waals surface area contributed by atoms with Crippen LogP contribution in [0.25, 0.3) is 0 Å². The Morgan fingerprint density at radius 1 is 1.19 bits per heavy atom. The van der Waals surface area contributed by atoms with Crippen molar-refractivity contribution in [2.75, 3.05) is 13.1 Å². The third-order valence-corrected chi connectivity index (χ3v) is 5.01. The van der Waals surface area contributed by atoms with Gasteiger partial charge in [-0.1, -0.05) is 12.1 Å². The Morgan fingerprint density at radius 2 is 1.85 bits per heavy atom. The van der Waals surface area contributed by atoms with E-state index in [9.17, 15) is 27.2 Å². The summed E-state index contributed by atoms with van der Waals surface area (Å²) in [5.74, 6) is -2.65. The Morgan fingerprint density at radius 3 is 2.42 bits per heavy atom. The van der Waals surface area contributed by atoms with Crippen LogP contribution in [0.1, 0.15) is 31.2 Å². The van der Waals surface area contributed by atoms with Gasteiger partial charge in [-0.25, -0.2) is 4.39 Å². The van der Waals surface area contributed by atoms with Gasteiger partial charge in [-0.05, 0) is 55.7 Å². The van der Waals surface area contributed by atoms with Gasteiger partial charge >= 0.3 is 12.1 Å². The van der Waals surface area contributed by atoms with Gasteiger partial charge in [0.25, 0.3) is 0 Å². The van der Waals surface area contributed by atoms with Crippen molar-refractivity contribution in [2.24, 2.45) is 5.92 Å². The van der Waals surface area contributed by atoms with Crippen LogP contribution in [0.3, 0.4) is 0 Å². The van der Waals surface area contributed by atoms with Gasteiger partial charge in [0.1, 0.15) is 11.4 Å². The van der Waals surface area contributed by atoms with Crippen LogP contribution in [0, 0.1) is 11.7 Å². The highest BCUT2D eigenvalue weighted by Gasteiger charge is 2.56. The normalized spacial score (nSPS) is 22.0. The summed E-state index contributed by atoms with van der Waals surface area (Å²) in [6.07, 6.45) is -2.22. The monoisotopic (exact) mass is 372 g/mol. The van der Waals surface area contributed by atoms with Crippen LogP contribution in [-0.4, -0.2) is 41.5 Å². The van der Waals surface area contributed by atoms with Crippen molar-refractivity contribution >= 4 is 11.8 Å². The molecule has 1 saturated carbocycles. The van der Waals surface area contributed by atoms with Gasteiger partial charge < -0.3 is 10.2 Å². The summed E-state index contributed by atoms with van der Waals surface area (Å²) in [4.78, 5) is 25.4. The zero-order chi connectivity index (χ0) is 18.9. The molecule has 0 radical (unpaired) electrons. The van der Waals surface area contributed by atoms with E-state index < -0.39 is 23.5 Å². The fourth-order valence-electron chi connectivity index (χ4n) is 3.48. The second kappa shape index (κ2) is 6.89. The SMILES string of the molecule is O=C(NC1(C(=O)N2CCCC(Cc3ccc(F)cc3)C2)CC1)C(F)(F)F. The van der Waals surface area contributed by atoms with E-state index in [2.05, 4.69) is 0 Å². The van der Waals surface area contributed by atoms with E-state index in [4.69, 9.17) is 0 Å². The van der Waals surface area contributed by atoms with Crippen molar-refractivity contribution in [1.82, 2.24) is 10.2 Å². The summed E-state index contributed by atoms with van der Waals surface area (Å²) in [5.41, 5.74) is -0.443. The third-order valence-electron chi connectivity index (χ3n) is 5.01. The van der Waals surface area contributed by atoms with Gasteiger partial charge in [-0.15, -0.1) is 0 Å². The number of rotatable bonds is 4. The smallest absolute Gasteiger partial charge is 0.340 e. The lowest BCUT2D eigenvalue weighted by Gasteiger charge is -2.35. The van der Waals surface area contributed by atoms with Crippen molar-refractivity contribution in [1.29, 1.82) is 0 Å². The number of hydrogen-bond donors (Lipinski definition) is 1. The average Bonchev–Trinajstić information content (AvgIpc) is 3.36. The Balaban J connectivity index is 1.61. The number of piperidine rings is 1. The number of benzene rings is 1. The Kier molecular flexibility index (Phi) is 4.94. The number of carbonyl (C=O) groups is 2. The molecular weight excluding hydrogens is 352 g/mol. The molecule has 1 aromatic rings. The van der Waals surface area contributed by atoms with Gasteiger partial charge in [0.2, 0.25) is 5.91 Å². The maximum absolute atomic E-state index is 13.0. The predicted molar refractivity (Wildman–Crippen MR) is 85.6 cm³/mol.